The van der Waals surface area contributed by atoms with E-state index in [1.165, 1.54) is 12.3 Å². The Morgan fingerprint density at radius 3 is 2.78 bits per heavy atom. The molecule has 0 bridgehead atoms. The number of nitrogens with zero attached hydrogens (tertiary/aromatic N) is 2. The molecule has 0 atom stereocenters. The van der Waals surface area contributed by atoms with Crippen molar-refractivity contribution in [1.82, 2.24) is 15.0 Å². The van der Waals surface area contributed by atoms with E-state index in [-0.39, 0.29) is 5.69 Å². The molecule has 3 aromatic heterocycles. The Morgan fingerprint density at radius 1 is 1.06 bits per heavy atom. The monoisotopic (exact) mass is 245 g/mol. The van der Waals surface area contributed by atoms with Crippen LogP contribution in [0.1, 0.15) is 12.1 Å². The lowest BCUT2D eigenvalue weighted by atomic mass is 10.1. The van der Waals surface area contributed by atoms with E-state index < -0.39 is 6.43 Å². The van der Waals surface area contributed by atoms with Crippen molar-refractivity contribution in [1.29, 1.82) is 0 Å². The Bertz CT molecular complexity index is 691. The molecule has 0 aliphatic rings. The molecular weight excluding hydrogens is 236 g/mol. The SMILES string of the molecule is FC(F)c1cc(-c2cnc3cc[nH]c3c2)ccn1. The summed E-state index contributed by atoms with van der Waals surface area (Å²) in [4.78, 5) is 10.9. The van der Waals surface area contributed by atoms with Crippen LogP contribution in [0.25, 0.3) is 22.2 Å². The molecule has 0 radical (unpaired) electrons. The zero-order valence-electron chi connectivity index (χ0n) is 9.27. The average Bonchev–Trinajstić information content (AvgIpc) is 2.86. The van der Waals surface area contributed by atoms with Crippen LogP contribution in [0.2, 0.25) is 0 Å². The Hall–Kier alpha value is -2.30. The van der Waals surface area contributed by atoms with Crippen LogP contribution in [-0.2, 0) is 0 Å². The van der Waals surface area contributed by atoms with Crippen LogP contribution in [-0.4, -0.2) is 15.0 Å². The van der Waals surface area contributed by atoms with Gasteiger partial charge in [0.05, 0.1) is 11.0 Å². The molecule has 0 amide bonds. The minimum absolute atomic E-state index is 0.223. The number of aromatic amines is 1. The maximum absolute atomic E-state index is 12.6. The number of alkyl halides is 2. The van der Waals surface area contributed by atoms with Crippen molar-refractivity contribution in [2.75, 3.05) is 0 Å². The topological polar surface area (TPSA) is 41.6 Å². The Morgan fingerprint density at radius 2 is 1.94 bits per heavy atom. The molecule has 3 heterocycles. The normalized spacial score (nSPS) is 11.3. The number of H-pyrrole nitrogens is 1. The van der Waals surface area contributed by atoms with Crippen LogP contribution in [0, 0.1) is 0 Å². The molecule has 0 fully saturated rings. The van der Waals surface area contributed by atoms with E-state index in [1.807, 2.05) is 12.1 Å². The molecule has 0 aliphatic carbocycles. The maximum atomic E-state index is 12.6. The highest BCUT2D eigenvalue weighted by atomic mass is 19.3. The van der Waals surface area contributed by atoms with Crippen molar-refractivity contribution in [2.24, 2.45) is 0 Å². The van der Waals surface area contributed by atoms with Crippen LogP contribution < -0.4 is 0 Å². The average molecular weight is 245 g/mol. The van der Waals surface area contributed by atoms with Gasteiger partial charge < -0.3 is 4.98 Å². The number of rotatable bonds is 2. The largest absolute Gasteiger partial charge is 0.360 e. The van der Waals surface area contributed by atoms with Crippen molar-refractivity contribution >= 4 is 11.0 Å². The number of hydrogen-bond donors (Lipinski definition) is 1. The summed E-state index contributed by atoms with van der Waals surface area (Å²) in [6.45, 7) is 0. The van der Waals surface area contributed by atoms with E-state index in [4.69, 9.17) is 0 Å². The van der Waals surface area contributed by atoms with Crippen LogP contribution in [0.15, 0.2) is 42.9 Å². The van der Waals surface area contributed by atoms with Gasteiger partial charge in [-0.15, -0.1) is 0 Å². The highest BCUT2D eigenvalue weighted by Gasteiger charge is 2.10. The minimum Gasteiger partial charge on any atom is -0.360 e. The predicted molar refractivity (Wildman–Crippen MR) is 64.3 cm³/mol. The molecule has 3 rings (SSSR count). The lowest BCUT2D eigenvalue weighted by Gasteiger charge is -2.04. The van der Waals surface area contributed by atoms with E-state index in [0.29, 0.717) is 5.56 Å². The molecule has 18 heavy (non-hydrogen) atoms. The lowest BCUT2D eigenvalue weighted by molar-refractivity contribution is 0.146. The van der Waals surface area contributed by atoms with E-state index in [1.54, 1.807) is 18.5 Å². The second kappa shape index (κ2) is 4.18. The summed E-state index contributed by atoms with van der Waals surface area (Å²) in [5, 5.41) is 0. The molecule has 1 N–H and O–H groups in total. The number of aromatic nitrogens is 3. The van der Waals surface area contributed by atoms with Gasteiger partial charge in [-0.3, -0.25) is 9.97 Å². The molecule has 5 heteroatoms. The van der Waals surface area contributed by atoms with Crippen LogP contribution in [0.5, 0.6) is 0 Å². The van der Waals surface area contributed by atoms with Crippen molar-refractivity contribution < 1.29 is 8.78 Å². The third-order valence-corrected chi connectivity index (χ3v) is 2.74. The van der Waals surface area contributed by atoms with Gasteiger partial charge in [0.15, 0.2) is 0 Å². The van der Waals surface area contributed by atoms with Crippen LogP contribution >= 0.6 is 0 Å². The van der Waals surface area contributed by atoms with Crippen molar-refractivity contribution in [3.8, 4) is 11.1 Å². The molecule has 3 nitrogen and oxygen atoms in total. The van der Waals surface area contributed by atoms with Gasteiger partial charge in [0.1, 0.15) is 5.69 Å². The smallest absolute Gasteiger partial charge is 0.280 e. The first-order valence-corrected chi connectivity index (χ1v) is 5.41. The molecule has 0 aliphatic heterocycles. The predicted octanol–water partition coefficient (Wildman–Crippen LogP) is 3.56. The van der Waals surface area contributed by atoms with Gasteiger partial charge in [0, 0.05) is 24.2 Å². The summed E-state index contributed by atoms with van der Waals surface area (Å²) in [7, 11) is 0. The summed E-state index contributed by atoms with van der Waals surface area (Å²) in [6, 6.07) is 6.82. The molecule has 0 saturated heterocycles. The van der Waals surface area contributed by atoms with Gasteiger partial charge in [-0.25, -0.2) is 8.78 Å². The van der Waals surface area contributed by atoms with E-state index in [0.717, 1.165) is 16.6 Å². The van der Waals surface area contributed by atoms with Gasteiger partial charge >= 0.3 is 0 Å². The fraction of sp³-hybridized carbons (Fsp3) is 0.0769. The summed E-state index contributed by atoms with van der Waals surface area (Å²) in [5.74, 6) is 0. The van der Waals surface area contributed by atoms with Gasteiger partial charge in [-0.2, -0.15) is 0 Å². The fourth-order valence-electron chi connectivity index (χ4n) is 1.84. The van der Waals surface area contributed by atoms with Crippen molar-refractivity contribution in [3.63, 3.8) is 0 Å². The second-order valence-electron chi connectivity index (χ2n) is 3.90. The maximum Gasteiger partial charge on any atom is 0.280 e. The summed E-state index contributed by atoms with van der Waals surface area (Å²) in [5.41, 5.74) is 2.97. The lowest BCUT2D eigenvalue weighted by Crippen LogP contribution is -1.90. The summed E-state index contributed by atoms with van der Waals surface area (Å²) in [6.07, 6.45) is 2.28. The first kappa shape index (κ1) is 10.8. The van der Waals surface area contributed by atoms with E-state index in [9.17, 15) is 8.78 Å². The molecular formula is C13H9F2N3. The van der Waals surface area contributed by atoms with E-state index >= 15 is 0 Å². The zero-order valence-corrected chi connectivity index (χ0v) is 9.27. The molecule has 3 aromatic rings. The summed E-state index contributed by atoms with van der Waals surface area (Å²) >= 11 is 0. The zero-order chi connectivity index (χ0) is 12.5. The molecule has 0 spiro atoms. The number of pyridine rings is 2. The Labute approximate surface area is 102 Å². The minimum atomic E-state index is -2.56. The molecule has 0 unspecified atom stereocenters. The third kappa shape index (κ3) is 1.84. The molecule has 0 aromatic carbocycles. The standard InChI is InChI=1S/C13H9F2N3/c14-13(15)12-5-8(1-3-17-12)9-6-11-10(18-7-9)2-4-16-11/h1-7,13,16H. The van der Waals surface area contributed by atoms with Crippen molar-refractivity contribution in [2.45, 2.75) is 6.43 Å². The Kier molecular flexibility index (Phi) is 2.51. The fourth-order valence-corrected chi connectivity index (χ4v) is 1.84. The first-order valence-electron chi connectivity index (χ1n) is 5.41. The molecule has 0 saturated carbocycles. The second-order valence-corrected chi connectivity index (χ2v) is 3.90. The number of hydrogen-bond acceptors (Lipinski definition) is 2. The van der Waals surface area contributed by atoms with E-state index in [2.05, 4.69) is 15.0 Å². The highest BCUT2D eigenvalue weighted by molar-refractivity contribution is 5.80. The van der Waals surface area contributed by atoms with Gasteiger partial charge in [0.2, 0.25) is 0 Å². The summed E-state index contributed by atoms with van der Waals surface area (Å²) < 4.78 is 25.2. The third-order valence-electron chi connectivity index (χ3n) is 2.74. The number of halogens is 2. The van der Waals surface area contributed by atoms with Gasteiger partial charge in [0.25, 0.3) is 6.43 Å². The van der Waals surface area contributed by atoms with Crippen LogP contribution in [0.4, 0.5) is 8.78 Å². The van der Waals surface area contributed by atoms with Crippen molar-refractivity contribution in [3.05, 3.63) is 48.5 Å². The number of fused-ring (bicyclic) bond motifs is 1. The molecule has 90 valence electrons. The quantitative estimate of drug-likeness (QED) is 0.750. The first-order chi connectivity index (χ1) is 8.74. The Balaban J connectivity index is 2.10. The highest BCUT2D eigenvalue weighted by Crippen LogP contribution is 2.25. The number of nitrogens with one attached hydrogen (secondary N) is 1. The van der Waals surface area contributed by atoms with Crippen LogP contribution in [0.3, 0.4) is 0 Å². The van der Waals surface area contributed by atoms with Gasteiger partial charge in [-0.1, -0.05) is 0 Å². The van der Waals surface area contributed by atoms with Gasteiger partial charge in [-0.05, 0) is 29.8 Å².